The molecule has 1 aromatic carbocycles. The molecule has 0 amide bonds. The largest absolute Gasteiger partial charge is 0.103 e. The summed E-state index contributed by atoms with van der Waals surface area (Å²) in [5.41, 5.74) is 1.43. The maximum absolute atomic E-state index is 3.77. The first-order chi connectivity index (χ1) is 5.88. The minimum Gasteiger partial charge on any atom is -0.103 e. The van der Waals surface area contributed by atoms with Gasteiger partial charge < -0.3 is 0 Å². The normalized spacial score (nSPS) is 12.4. The van der Waals surface area contributed by atoms with Gasteiger partial charge in [0.2, 0.25) is 0 Å². The third-order valence-corrected chi connectivity index (χ3v) is 2.21. The molecule has 0 saturated carbocycles. The summed E-state index contributed by atoms with van der Waals surface area (Å²) in [6.07, 6.45) is 4.28. The van der Waals surface area contributed by atoms with Crippen molar-refractivity contribution in [3.05, 3.63) is 48.6 Å². The lowest BCUT2D eigenvalue weighted by Crippen LogP contribution is -1.94. The maximum atomic E-state index is 3.77. The third kappa shape index (κ3) is 2.23. The van der Waals surface area contributed by atoms with Gasteiger partial charge in [-0.05, 0) is 24.3 Å². The molecule has 0 aliphatic carbocycles. The van der Waals surface area contributed by atoms with E-state index in [-0.39, 0.29) is 0 Å². The van der Waals surface area contributed by atoms with E-state index in [0.717, 1.165) is 6.42 Å². The van der Waals surface area contributed by atoms with Gasteiger partial charge in [-0.3, -0.25) is 0 Å². The molecule has 1 atom stereocenters. The van der Waals surface area contributed by atoms with Crippen LogP contribution < -0.4 is 0 Å². The molecule has 0 fully saturated rings. The van der Waals surface area contributed by atoms with Crippen LogP contribution in [0.15, 0.2) is 43.0 Å². The summed E-state index contributed by atoms with van der Waals surface area (Å²) in [5, 5.41) is 0. The van der Waals surface area contributed by atoms with Gasteiger partial charge in [0.05, 0.1) is 0 Å². The first-order valence-corrected chi connectivity index (χ1v) is 4.54. The van der Waals surface area contributed by atoms with Gasteiger partial charge in [0, 0.05) is 0 Å². The molecule has 0 heterocycles. The van der Waals surface area contributed by atoms with Crippen molar-refractivity contribution in [3.63, 3.8) is 0 Å². The molecule has 12 heavy (non-hydrogen) atoms. The fraction of sp³-hybridized carbons (Fsp3) is 0.333. The van der Waals surface area contributed by atoms with Crippen LogP contribution in [0.5, 0.6) is 0 Å². The van der Waals surface area contributed by atoms with Gasteiger partial charge in [-0.25, -0.2) is 0 Å². The van der Waals surface area contributed by atoms with Crippen molar-refractivity contribution < 1.29 is 0 Å². The van der Waals surface area contributed by atoms with Crippen molar-refractivity contribution in [1.82, 2.24) is 0 Å². The Labute approximate surface area is 74.9 Å². The molecule has 0 spiro atoms. The molecule has 1 rings (SSSR count). The summed E-state index contributed by atoms with van der Waals surface area (Å²) in [6, 6.07) is 10.6. The van der Waals surface area contributed by atoms with E-state index in [1.807, 2.05) is 6.08 Å². The zero-order valence-corrected chi connectivity index (χ0v) is 7.66. The van der Waals surface area contributed by atoms with E-state index >= 15 is 0 Å². The standard InChI is InChI=1S/C12H16/c1-3-8-11(4-2)12-9-6-5-7-10-12/h3,5-7,9-11H,1,4,8H2,2H3. The van der Waals surface area contributed by atoms with Gasteiger partial charge in [0.25, 0.3) is 0 Å². The Balaban J connectivity index is 2.72. The Morgan fingerprint density at radius 1 is 1.33 bits per heavy atom. The van der Waals surface area contributed by atoms with Gasteiger partial charge in [-0.1, -0.05) is 43.3 Å². The molecule has 0 N–H and O–H groups in total. The first-order valence-electron chi connectivity index (χ1n) is 4.54. The maximum Gasteiger partial charge on any atom is -0.0130 e. The molecule has 0 heteroatoms. The first kappa shape index (κ1) is 9.05. The Morgan fingerprint density at radius 2 is 2.00 bits per heavy atom. The van der Waals surface area contributed by atoms with E-state index in [1.165, 1.54) is 12.0 Å². The van der Waals surface area contributed by atoms with Gasteiger partial charge in [-0.15, -0.1) is 6.58 Å². The number of allylic oxidation sites excluding steroid dienone is 1. The number of hydrogen-bond donors (Lipinski definition) is 0. The van der Waals surface area contributed by atoms with Crippen LogP contribution in [0.3, 0.4) is 0 Å². The lowest BCUT2D eigenvalue weighted by Gasteiger charge is -2.11. The number of benzene rings is 1. The molecule has 0 bridgehead atoms. The van der Waals surface area contributed by atoms with Crippen molar-refractivity contribution in [3.8, 4) is 0 Å². The van der Waals surface area contributed by atoms with E-state index in [4.69, 9.17) is 0 Å². The summed E-state index contributed by atoms with van der Waals surface area (Å²) in [6.45, 7) is 6.00. The fourth-order valence-corrected chi connectivity index (χ4v) is 1.46. The molecule has 1 aromatic rings. The SMILES string of the molecule is C=CCC(CC)c1ccccc1. The summed E-state index contributed by atoms with van der Waals surface area (Å²) < 4.78 is 0. The van der Waals surface area contributed by atoms with Gasteiger partial charge in [0.1, 0.15) is 0 Å². The second-order valence-electron chi connectivity index (χ2n) is 3.04. The fourth-order valence-electron chi connectivity index (χ4n) is 1.46. The van der Waals surface area contributed by atoms with E-state index in [0.29, 0.717) is 5.92 Å². The molecule has 0 aliphatic rings. The van der Waals surface area contributed by atoms with Crippen molar-refractivity contribution in [2.75, 3.05) is 0 Å². The Kier molecular flexibility index (Phi) is 3.59. The minimum atomic E-state index is 0.656. The average Bonchev–Trinajstić information content (AvgIpc) is 2.15. The highest BCUT2D eigenvalue weighted by molar-refractivity contribution is 5.19. The lowest BCUT2D eigenvalue weighted by molar-refractivity contribution is 0.675. The second kappa shape index (κ2) is 4.76. The van der Waals surface area contributed by atoms with Crippen LogP contribution in [0, 0.1) is 0 Å². The molecule has 0 radical (unpaired) electrons. The van der Waals surface area contributed by atoms with Crippen LogP contribution in [0.4, 0.5) is 0 Å². The van der Waals surface area contributed by atoms with Crippen LogP contribution in [0.1, 0.15) is 31.2 Å². The van der Waals surface area contributed by atoms with Gasteiger partial charge in [0.15, 0.2) is 0 Å². The Hall–Kier alpha value is -1.04. The molecule has 1 unspecified atom stereocenters. The highest BCUT2D eigenvalue weighted by Gasteiger charge is 2.05. The van der Waals surface area contributed by atoms with E-state index in [1.54, 1.807) is 0 Å². The quantitative estimate of drug-likeness (QED) is 0.588. The lowest BCUT2D eigenvalue weighted by atomic mass is 9.93. The van der Waals surface area contributed by atoms with E-state index < -0.39 is 0 Å². The van der Waals surface area contributed by atoms with Crippen molar-refractivity contribution in [2.45, 2.75) is 25.7 Å². The number of hydrogen-bond acceptors (Lipinski definition) is 0. The highest BCUT2D eigenvalue weighted by atomic mass is 14.1. The van der Waals surface area contributed by atoms with Crippen LogP contribution in [0.2, 0.25) is 0 Å². The molecule has 0 saturated heterocycles. The van der Waals surface area contributed by atoms with Gasteiger partial charge >= 0.3 is 0 Å². The summed E-state index contributed by atoms with van der Waals surface area (Å²) in [5.74, 6) is 0.656. The molecule has 0 aromatic heterocycles. The molecular formula is C12H16. The summed E-state index contributed by atoms with van der Waals surface area (Å²) in [4.78, 5) is 0. The Bertz CT molecular complexity index is 223. The Morgan fingerprint density at radius 3 is 2.50 bits per heavy atom. The zero-order valence-electron chi connectivity index (χ0n) is 7.66. The summed E-state index contributed by atoms with van der Waals surface area (Å²) >= 11 is 0. The minimum absolute atomic E-state index is 0.656. The second-order valence-corrected chi connectivity index (χ2v) is 3.04. The highest BCUT2D eigenvalue weighted by Crippen LogP contribution is 2.22. The molecule has 0 nitrogen and oxygen atoms in total. The van der Waals surface area contributed by atoms with Crippen molar-refractivity contribution in [1.29, 1.82) is 0 Å². The van der Waals surface area contributed by atoms with Crippen molar-refractivity contribution >= 4 is 0 Å². The molecule has 64 valence electrons. The zero-order chi connectivity index (χ0) is 8.81. The van der Waals surface area contributed by atoms with E-state index in [2.05, 4.69) is 43.8 Å². The van der Waals surface area contributed by atoms with Crippen LogP contribution >= 0.6 is 0 Å². The predicted octanol–water partition coefficient (Wildman–Crippen LogP) is 3.76. The average molecular weight is 160 g/mol. The van der Waals surface area contributed by atoms with Crippen LogP contribution in [0.25, 0.3) is 0 Å². The monoisotopic (exact) mass is 160 g/mol. The summed E-state index contributed by atoms with van der Waals surface area (Å²) in [7, 11) is 0. The topological polar surface area (TPSA) is 0 Å². The smallest absolute Gasteiger partial charge is 0.0130 e. The number of rotatable bonds is 4. The molecule has 0 aliphatic heterocycles. The third-order valence-electron chi connectivity index (χ3n) is 2.21. The molecular weight excluding hydrogens is 144 g/mol. The predicted molar refractivity (Wildman–Crippen MR) is 54.3 cm³/mol. The van der Waals surface area contributed by atoms with Crippen molar-refractivity contribution in [2.24, 2.45) is 0 Å². The van der Waals surface area contributed by atoms with Crippen LogP contribution in [-0.2, 0) is 0 Å². The van der Waals surface area contributed by atoms with Crippen LogP contribution in [-0.4, -0.2) is 0 Å². The van der Waals surface area contributed by atoms with E-state index in [9.17, 15) is 0 Å². The van der Waals surface area contributed by atoms with Gasteiger partial charge in [-0.2, -0.15) is 0 Å².